The predicted octanol–water partition coefficient (Wildman–Crippen LogP) is 2.10. The van der Waals surface area contributed by atoms with Gasteiger partial charge in [-0.2, -0.15) is 0 Å². The number of hydrogen-bond acceptors (Lipinski definition) is 3. The zero-order valence-electron chi connectivity index (χ0n) is 10.2. The van der Waals surface area contributed by atoms with Crippen LogP contribution in [-0.2, 0) is 4.79 Å². The summed E-state index contributed by atoms with van der Waals surface area (Å²) in [6.07, 6.45) is 2.00. The van der Waals surface area contributed by atoms with E-state index in [1.54, 1.807) is 18.2 Å². The molecule has 6 heteroatoms. The molecule has 2 rings (SSSR count). The van der Waals surface area contributed by atoms with Gasteiger partial charge >= 0.3 is 5.97 Å². The fourth-order valence-electron chi connectivity index (χ4n) is 2.12. The van der Waals surface area contributed by atoms with Crippen LogP contribution in [-0.4, -0.2) is 23.0 Å². The van der Waals surface area contributed by atoms with Crippen LogP contribution in [0, 0.1) is 5.92 Å². The Morgan fingerprint density at radius 2 is 2.16 bits per heavy atom. The van der Waals surface area contributed by atoms with Crippen molar-refractivity contribution < 1.29 is 14.7 Å². The molecule has 102 valence electrons. The zero-order valence-corrected chi connectivity index (χ0v) is 11.0. The standard InChI is InChI=1S/C13H15ClN2O3/c14-8-2-1-3-9(12(8)13(15)19)16-10(6-11(17)18)7-4-5-7/h1-3,7,10,16H,4-6H2,(H2,15,19)(H,17,18). The van der Waals surface area contributed by atoms with Gasteiger partial charge in [0.05, 0.1) is 17.0 Å². The number of amides is 1. The average Bonchev–Trinajstić information content (AvgIpc) is 3.10. The lowest BCUT2D eigenvalue weighted by molar-refractivity contribution is -0.137. The summed E-state index contributed by atoms with van der Waals surface area (Å²) in [6.45, 7) is 0. The maximum absolute atomic E-state index is 11.4. The second kappa shape index (κ2) is 5.48. The monoisotopic (exact) mass is 282 g/mol. The summed E-state index contributed by atoms with van der Waals surface area (Å²) in [6, 6.07) is 4.76. The quantitative estimate of drug-likeness (QED) is 0.745. The number of anilines is 1. The Morgan fingerprint density at radius 1 is 1.47 bits per heavy atom. The summed E-state index contributed by atoms with van der Waals surface area (Å²) in [5.74, 6) is -1.17. The van der Waals surface area contributed by atoms with Crippen molar-refractivity contribution in [1.29, 1.82) is 0 Å². The molecule has 1 atom stereocenters. The number of benzene rings is 1. The first-order valence-electron chi connectivity index (χ1n) is 6.05. The number of nitrogens with one attached hydrogen (secondary N) is 1. The normalized spacial score (nSPS) is 15.8. The third-order valence-corrected chi connectivity index (χ3v) is 3.50. The smallest absolute Gasteiger partial charge is 0.305 e. The highest BCUT2D eigenvalue weighted by atomic mass is 35.5. The Morgan fingerprint density at radius 3 is 2.68 bits per heavy atom. The summed E-state index contributed by atoms with van der Waals surface area (Å²) in [5.41, 5.74) is 6.01. The van der Waals surface area contributed by atoms with Gasteiger partial charge in [-0.15, -0.1) is 0 Å². The molecule has 0 bridgehead atoms. The molecule has 0 aliphatic heterocycles. The van der Waals surface area contributed by atoms with E-state index in [1.807, 2.05) is 0 Å². The SMILES string of the molecule is NC(=O)c1c(Cl)cccc1NC(CC(=O)O)C1CC1. The Hall–Kier alpha value is -1.75. The summed E-state index contributed by atoms with van der Waals surface area (Å²) < 4.78 is 0. The molecule has 0 saturated heterocycles. The van der Waals surface area contributed by atoms with Crippen molar-refractivity contribution in [1.82, 2.24) is 0 Å². The molecule has 1 aromatic carbocycles. The van der Waals surface area contributed by atoms with Gasteiger partial charge in [0, 0.05) is 11.7 Å². The number of aliphatic carboxylic acids is 1. The molecule has 1 amide bonds. The molecule has 0 radical (unpaired) electrons. The molecule has 0 heterocycles. The minimum atomic E-state index is -0.868. The fraction of sp³-hybridized carbons (Fsp3) is 0.385. The van der Waals surface area contributed by atoms with Gasteiger partial charge < -0.3 is 16.2 Å². The van der Waals surface area contributed by atoms with E-state index in [4.69, 9.17) is 22.4 Å². The highest BCUT2D eigenvalue weighted by Gasteiger charge is 2.33. The van der Waals surface area contributed by atoms with Gasteiger partial charge in [-0.1, -0.05) is 17.7 Å². The van der Waals surface area contributed by atoms with Crippen molar-refractivity contribution in [3.63, 3.8) is 0 Å². The van der Waals surface area contributed by atoms with Gasteiger partial charge in [-0.25, -0.2) is 0 Å². The number of carbonyl (C=O) groups excluding carboxylic acids is 1. The van der Waals surface area contributed by atoms with E-state index < -0.39 is 11.9 Å². The van der Waals surface area contributed by atoms with Crippen LogP contribution in [0.25, 0.3) is 0 Å². The molecule has 1 aliphatic carbocycles. The number of carboxylic acids is 1. The topological polar surface area (TPSA) is 92.4 Å². The van der Waals surface area contributed by atoms with Crippen LogP contribution in [0.15, 0.2) is 18.2 Å². The molecule has 1 aliphatic rings. The lowest BCUT2D eigenvalue weighted by Crippen LogP contribution is -2.27. The number of rotatable bonds is 6. The summed E-state index contributed by atoms with van der Waals surface area (Å²) in [7, 11) is 0. The van der Waals surface area contributed by atoms with Crippen molar-refractivity contribution in [3.8, 4) is 0 Å². The van der Waals surface area contributed by atoms with Crippen molar-refractivity contribution in [2.24, 2.45) is 11.7 Å². The van der Waals surface area contributed by atoms with Gasteiger partial charge in [0.25, 0.3) is 5.91 Å². The number of carbonyl (C=O) groups is 2. The van der Waals surface area contributed by atoms with Crippen LogP contribution in [0.1, 0.15) is 29.6 Å². The third kappa shape index (κ3) is 3.38. The average molecular weight is 283 g/mol. The molecule has 1 unspecified atom stereocenters. The van der Waals surface area contributed by atoms with Crippen molar-refractivity contribution in [2.75, 3.05) is 5.32 Å². The number of nitrogens with two attached hydrogens (primary N) is 1. The molecular formula is C13H15ClN2O3. The summed E-state index contributed by atoms with van der Waals surface area (Å²) in [4.78, 5) is 22.3. The van der Waals surface area contributed by atoms with E-state index in [-0.39, 0.29) is 23.0 Å². The van der Waals surface area contributed by atoms with Crippen molar-refractivity contribution in [3.05, 3.63) is 28.8 Å². The van der Waals surface area contributed by atoms with E-state index in [1.165, 1.54) is 0 Å². The number of hydrogen-bond donors (Lipinski definition) is 3. The molecule has 0 aromatic heterocycles. The van der Waals surface area contributed by atoms with E-state index in [9.17, 15) is 9.59 Å². The maximum atomic E-state index is 11.4. The van der Waals surface area contributed by atoms with E-state index >= 15 is 0 Å². The molecular weight excluding hydrogens is 268 g/mol. The van der Waals surface area contributed by atoms with Crippen molar-refractivity contribution in [2.45, 2.75) is 25.3 Å². The van der Waals surface area contributed by atoms with Gasteiger partial charge in [0.15, 0.2) is 0 Å². The van der Waals surface area contributed by atoms with Crippen LogP contribution in [0.5, 0.6) is 0 Å². The van der Waals surface area contributed by atoms with Gasteiger partial charge in [-0.05, 0) is 30.9 Å². The highest BCUT2D eigenvalue weighted by molar-refractivity contribution is 6.34. The minimum absolute atomic E-state index is 0.00931. The first-order valence-corrected chi connectivity index (χ1v) is 6.43. The van der Waals surface area contributed by atoms with Gasteiger partial charge in [-0.3, -0.25) is 9.59 Å². The second-order valence-electron chi connectivity index (χ2n) is 4.71. The summed E-state index contributed by atoms with van der Waals surface area (Å²) in [5, 5.41) is 12.3. The van der Waals surface area contributed by atoms with Gasteiger partial charge in [0.1, 0.15) is 0 Å². The Bertz CT molecular complexity index is 515. The molecule has 4 N–H and O–H groups in total. The fourth-order valence-corrected chi connectivity index (χ4v) is 2.38. The molecule has 19 heavy (non-hydrogen) atoms. The molecule has 1 saturated carbocycles. The van der Waals surface area contributed by atoms with Crippen LogP contribution in [0.4, 0.5) is 5.69 Å². The maximum Gasteiger partial charge on any atom is 0.305 e. The van der Waals surface area contributed by atoms with Crippen LogP contribution in [0.2, 0.25) is 5.02 Å². The Balaban J connectivity index is 2.23. The largest absolute Gasteiger partial charge is 0.481 e. The van der Waals surface area contributed by atoms with Crippen LogP contribution >= 0.6 is 11.6 Å². The summed E-state index contributed by atoms with van der Waals surface area (Å²) >= 11 is 5.95. The third-order valence-electron chi connectivity index (χ3n) is 3.19. The van der Waals surface area contributed by atoms with Crippen LogP contribution in [0.3, 0.4) is 0 Å². The van der Waals surface area contributed by atoms with E-state index in [0.717, 1.165) is 12.8 Å². The second-order valence-corrected chi connectivity index (χ2v) is 5.12. The lowest BCUT2D eigenvalue weighted by atomic mass is 10.1. The van der Waals surface area contributed by atoms with Crippen molar-refractivity contribution >= 4 is 29.2 Å². The Kier molecular flexibility index (Phi) is 3.95. The van der Waals surface area contributed by atoms with Gasteiger partial charge in [0.2, 0.25) is 0 Å². The van der Waals surface area contributed by atoms with E-state index in [2.05, 4.69) is 5.32 Å². The molecule has 0 spiro atoms. The molecule has 1 aromatic rings. The first kappa shape index (κ1) is 13.7. The van der Waals surface area contributed by atoms with Crippen LogP contribution < -0.4 is 11.1 Å². The predicted molar refractivity (Wildman–Crippen MR) is 72.4 cm³/mol. The van der Waals surface area contributed by atoms with E-state index in [0.29, 0.717) is 11.6 Å². The lowest BCUT2D eigenvalue weighted by Gasteiger charge is -2.19. The molecule has 5 nitrogen and oxygen atoms in total. The first-order chi connectivity index (χ1) is 8.99. The minimum Gasteiger partial charge on any atom is -0.481 e. The molecule has 1 fully saturated rings. The highest BCUT2D eigenvalue weighted by Crippen LogP contribution is 2.36. The zero-order chi connectivity index (χ0) is 14.0. The Labute approximate surface area is 115 Å². The number of primary amides is 1. The number of carboxylic acid groups (broad SMARTS) is 1. The number of halogens is 1.